The van der Waals surface area contributed by atoms with Gasteiger partial charge in [0.25, 0.3) is 0 Å². The summed E-state index contributed by atoms with van der Waals surface area (Å²) >= 11 is 0. The van der Waals surface area contributed by atoms with E-state index in [9.17, 15) is 9.90 Å². The van der Waals surface area contributed by atoms with Crippen LogP contribution >= 0.6 is 0 Å². The van der Waals surface area contributed by atoms with Gasteiger partial charge in [-0.3, -0.25) is 9.69 Å². The molecular weight excluding hydrogens is 218 g/mol. The molecule has 0 saturated carbocycles. The fourth-order valence-electron chi connectivity index (χ4n) is 2.20. The minimum absolute atomic E-state index is 0.0247. The van der Waals surface area contributed by atoms with E-state index in [2.05, 4.69) is 21.8 Å². The lowest BCUT2D eigenvalue weighted by molar-refractivity contribution is -0.142. The summed E-state index contributed by atoms with van der Waals surface area (Å²) < 4.78 is 4.64. The lowest BCUT2D eigenvalue weighted by Gasteiger charge is -2.24. The second-order valence-corrected chi connectivity index (χ2v) is 4.29. The molecule has 1 aliphatic heterocycles. The van der Waals surface area contributed by atoms with Gasteiger partial charge in [-0.2, -0.15) is 0 Å². The average Bonchev–Trinajstić information content (AvgIpc) is 2.78. The smallest absolute Gasteiger partial charge is 0.307 e. The van der Waals surface area contributed by atoms with Gasteiger partial charge >= 0.3 is 5.97 Å². The Kier molecular flexibility index (Phi) is 3.76. The summed E-state index contributed by atoms with van der Waals surface area (Å²) in [5, 5.41) is 9.36. The van der Waals surface area contributed by atoms with Crippen LogP contribution in [-0.4, -0.2) is 35.7 Å². The van der Waals surface area contributed by atoms with Crippen LogP contribution in [0.4, 0.5) is 0 Å². The van der Waals surface area contributed by atoms with Crippen molar-refractivity contribution >= 4 is 5.97 Å². The Labute approximate surface area is 101 Å². The number of nitrogens with zero attached hydrogens (tertiary/aromatic N) is 1. The Morgan fingerprint density at radius 1 is 1.41 bits per heavy atom. The van der Waals surface area contributed by atoms with Crippen LogP contribution in [-0.2, 0) is 22.6 Å². The lowest BCUT2D eigenvalue weighted by Crippen LogP contribution is -2.36. The maximum absolute atomic E-state index is 11.3. The van der Waals surface area contributed by atoms with Gasteiger partial charge in [-0.05, 0) is 11.1 Å². The topological polar surface area (TPSA) is 49.8 Å². The van der Waals surface area contributed by atoms with E-state index >= 15 is 0 Å². The van der Waals surface area contributed by atoms with Crippen molar-refractivity contribution < 1.29 is 14.6 Å². The van der Waals surface area contributed by atoms with Gasteiger partial charge < -0.3 is 9.84 Å². The highest BCUT2D eigenvalue weighted by molar-refractivity contribution is 5.69. The van der Waals surface area contributed by atoms with Crippen LogP contribution in [0.3, 0.4) is 0 Å². The van der Waals surface area contributed by atoms with Crippen LogP contribution in [0.5, 0.6) is 0 Å². The number of methoxy groups -OCH3 is 1. The molecular formula is C13H17NO3. The first-order valence-corrected chi connectivity index (χ1v) is 5.73. The van der Waals surface area contributed by atoms with Crippen molar-refractivity contribution in [1.82, 2.24) is 4.90 Å². The van der Waals surface area contributed by atoms with E-state index in [1.807, 2.05) is 12.1 Å². The molecule has 1 aliphatic rings. The zero-order valence-corrected chi connectivity index (χ0v) is 9.93. The van der Waals surface area contributed by atoms with E-state index in [-0.39, 0.29) is 25.0 Å². The molecule has 1 unspecified atom stereocenters. The second-order valence-electron chi connectivity index (χ2n) is 4.29. The first-order chi connectivity index (χ1) is 8.24. The molecule has 0 radical (unpaired) electrons. The third kappa shape index (κ3) is 2.65. The van der Waals surface area contributed by atoms with Crippen molar-refractivity contribution in [3.63, 3.8) is 0 Å². The SMILES string of the molecule is COC(=O)CC(CO)N1Cc2ccccc2C1. The fraction of sp³-hybridized carbons (Fsp3) is 0.462. The Morgan fingerprint density at radius 3 is 2.47 bits per heavy atom. The highest BCUT2D eigenvalue weighted by Gasteiger charge is 2.26. The molecule has 1 aromatic carbocycles. The molecule has 0 aliphatic carbocycles. The molecule has 4 nitrogen and oxygen atoms in total. The van der Waals surface area contributed by atoms with Gasteiger partial charge in [0.15, 0.2) is 0 Å². The molecule has 0 spiro atoms. The van der Waals surface area contributed by atoms with Crippen LogP contribution in [0.25, 0.3) is 0 Å². The Balaban J connectivity index is 2.02. The molecule has 0 bridgehead atoms. The average molecular weight is 235 g/mol. The number of carbonyl (C=O) groups is 1. The molecule has 1 N–H and O–H groups in total. The number of ether oxygens (including phenoxy) is 1. The number of rotatable bonds is 4. The summed E-state index contributed by atoms with van der Waals surface area (Å²) in [5.41, 5.74) is 2.55. The summed E-state index contributed by atoms with van der Waals surface area (Å²) in [7, 11) is 1.37. The normalized spacial score (nSPS) is 16.6. The standard InChI is InChI=1S/C13H17NO3/c1-17-13(16)6-12(9-15)14-7-10-4-2-3-5-11(10)8-14/h2-5,12,15H,6-9H2,1H3. The number of hydrogen-bond acceptors (Lipinski definition) is 4. The molecule has 0 amide bonds. The largest absolute Gasteiger partial charge is 0.469 e. The number of fused-ring (bicyclic) bond motifs is 1. The van der Waals surface area contributed by atoms with Gasteiger partial charge in [0.05, 0.1) is 20.1 Å². The van der Waals surface area contributed by atoms with Crippen LogP contribution in [0.1, 0.15) is 17.5 Å². The van der Waals surface area contributed by atoms with Crippen molar-refractivity contribution in [3.05, 3.63) is 35.4 Å². The number of aliphatic hydroxyl groups is 1. The van der Waals surface area contributed by atoms with Crippen LogP contribution in [0, 0.1) is 0 Å². The minimum Gasteiger partial charge on any atom is -0.469 e. The first kappa shape index (κ1) is 12.1. The number of aliphatic hydroxyl groups excluding tert-OH is 1. The summed E-state index contributed by atoms with van der Waals surface area (Å²) in [6, 6.07) is 8.03. The highest BCUT2D eigenvalue weighted by Crippen LogP contribution is 2.25. The van der Waals surface area contributed by atoms with E-state index in [0.29, 0.717) is 0 Å². The maximum atomic E-state index is 11.3. The molecule has 1 atom stereocenters. The van der Waals surface area contributed by atoms with Crippen molar-refractivity contribution in [2.24, 2.45) is 0 Å². The molecule has 4 heteroatoms. The third-order valence-electron chi connectivity index (χ3n) is 3.22. The zero-order chi connectivity index (χ0) is 12.3. The Bertz CT molecular complexity index is 380. The predicted molar refractivity (Wildman–Crippen MR) is 63.2 cm³/mol. The van der Waals surface area contributed by atoms with Gasteiger partial charge in [0.1, 0.15) is 0 Å². The van der Waals surface area contributed by atoms with Crippen molar-refractivity contribution in [3.8, 4) is 0 Å². The predicted octanol–water partition coefficient (Wildman–Crippen LogP) is 0.926. The third-order valence-corrected chi connectivity index (χ3v) is 3.22. The van der Waals surface area contributed by atoms with Crippen LogP contribution in [0.15, 0.2) is 24.3 Å². The molecule has 2 rings (SSSR count). The van der Waals surface area contributed by atoms with Gasteiger partial charge in [0, 0.05) is 19.1 Å². The fourth-order valence-corrected chi connectivity index (χ4v) is 2.20. The number of carbonyl (C=O) groups excluding carboxylic acids is 1. The molecule has 0 saturated heterocycles. The number of hydrogen-bond donors (Lipinski definition) is 1. The number of esters is 1. The number of benzene rings is 1. The van der Waals surface area contributed by atoms with Gasteiger partial charge in [-0.1, -0.05) is 24.3 Å². The minimum atomic E-state index is -0.278. The van der Waals surface area contributed by atoms with Crippen LogP contribution < -0.4 is 0 Å². The highest BCUT2D eigenvalue weighted by atomic mass is 16.5. The summed E-state index contributed by atoms with van der Waals surface area (Å²) in [5.74, 6) is -0.278. The van der Waals surface area contributed by atoms with E-state index in [1.54, 1.807) is 0 Å². The van der Waals surface area contributed by atoms with Crippen molar-refractivity contribution in [1.29, 1.82) is 0 Å². The van der Waals surface area contributed by atoms with Gasteiger partial charge in [-0.15, -0.1) is 0 Å². The molecule has 17 heavy (non-hydrogen) atoms. The molecule has 0 fully saturated rings. The van der Waals surface area contributed by atoms with Crippen molar-refractivity contribution in [2.45, 2.75) is 25.6 Å². The van der Waals surface area contributed by atoms with Gasteiger partial charge in [-0.25, -0.2) is 0 Å². The quantitative estimate of drug-likeness (QED) is 0.789. The van der Waals surface area contributed by atoms with Gasteiger partial charge in [0.2, 0.25) is 0 Å². The second kappa shape index (κ2) is 5.29. The van der Waals surface area contributed by atoms with Crippen LogP contribution in [0.2, 0.25) is 0 Å². The van der Waals surface area contributed by atoms with E-state index in [0.717, 1.165) is 13.1 Å². The maximum Gasteiger partial charge on any atom is 0.307 e. The first-order valence-electron chi connectivity index (χ1n) is 5.73. The Morgan fingerprint density at radius 2 is 2.00 bits per heavy atom. The van der Waals surface area contributed by atoms with E-state index in [1.165, 1.54) is 18.2 Å². The van der Waals surface area contributed by atoms with Crippen molar-refractivity contribution in [2.75, 3.05) is 13.7 Å². The molecule has 1 heterocycles. The monoisotopic (exact) mass is 235 g/mol. The molecule has 92 valence electrons. The summed E-state index contributed by atoms with van der Waals surface area (Å²) in [4.78, 5) is 13.4. The summed E-state index contributed by atoms with van der Waals surface area (Å²) in [6.45, 7) is 1.56. The molecule has 1 aromatic rings. The van der Waals surface area contributed by atoms with E-state index < -0.39 is 0 Å². The summed E-state index contributed by atoms with van der Waals surface area (Å²) in [6.07, 6.45) is 0.237. The lowest BCUT2D eigenvalue weighted by atomic mass is 10.1. The van der Waals surface area contributed by atoms with E-state index in [4.69, 9.17) is 0 Å². The molecule has 0 aromatic heterocycles. The Hall–Kier alpha value is -1.39. The zero-order valence-electron chi connectivity index (χ0n) is 9.93.